The van der Waals surface area contributed by atoms with Gasteiger partial charge in [0.1, 0.15) is 11.6 Å². The zero-order chi connectivity index (χ0) is 19.8. The van der Waals surface area contributed by atoms with Crippen molar-refractivity contribution >= 4 is 34.9 Å². The van der Waals surface area contributed by atoms with Gasteiger partial charge in [0.25, 0.3) is 0 Å². The number of aromatic nitrogens is 2. The molecule has 0 aliphatic carbocycles. The quantitative estimate of drug-likeness (QED) is 0.714. The summed E-state index contributed by atoms with van der Waals surface area (Å²) in [5.41, 5.74) is 0. The molecular weight excluding hydrogens is 368 g/mol. The van der Waals surface area contributed by atoms with Gasteiger partial charge in [-0.05, 0) is 43.8 Å². The van der Waals surface area contributed by atoms with Crippen LogP contribution in [0.4, 0.5) is 17.6 Å². The van der Waals surface area contributed by atoms with Crippen molar-refractivity contribution in [2.75, 3.05) is 47.8 Å². The van der Waals surface area contributed by atoms with Crippen LogP contribution in [0.5, 0.6) is 0 Å². The number of hydrogen-bond acceptors (Lipinski definition) is 5. The fourth-order valence-electron chi connectivity index (χ4n) is 3.84. The molecule has 0 unspecified atom stereocenters. The number of anilines is 3. The van der Waals surface area contributed by atoms with Gasteiger partial charge in [-0.1, -0.05) is 39.5 Å². The molecule has 1 aromatic heterocycles. The van der Waals surface area contributed by atoms with Gasteiger partial charge in [0, 0.05) is 38.8 Å². The summed E-state index contributed by atoms with van der Waals surface area (Å²) in [6.07, 6.45) is 10.2. The molecule has 7 heteroatoms. The molecule has 28 heavy (non-hydrogen) atoms. The molecule has 2 aliphatic rings. The summed E-state index contributed by atoms with van der Waals surface area (Å²) in [5.74, 6) is 3.22. The largest absolute Gasteiger partial charge is 0.362 e. The molecule has 0 amide bonds. The minimum atomic E-state index is 0.539. The normalized spacial score (nSPS) is 18.5. The van der Waals surface area contributed by atoms with Crippen molar-refractivity contribution in [1.29, 1.82) is 0 Å². The lowest BCUT2D eigenvalue weighted by atomic mass is 10.2. The van der Waals surface area contributed by atoms with E-state index in [1.54, 1.807) is 0 Å². The van der Waals surface area contributed by atoms with Gasteiger partial charge in [-0.25, -0.2) is 0 Å². The van der Waals surface area contributed by atoms with Crippen molar-refractivity contribution in [2.24, 2.45) is 5.92 Å². The van der Waals surface area contributed by atoms with Gasteiger partial charge in [-0.3, -0.25) is 0 Å². The van der Waals surface area contributed by atoms with Gasteiger partial charge in [-0.2, -0.15) is 9.97 Å². The first-order valence-electron chi connectivity index (χ1n) is 11.1. The highest BCUT2D eigenvalue weighted by Crippen LogP contribution is 2.25. The Kier molecular flexibility index (Phi) is 8.13. The van der Waals surface area contributed by atoms with Crippen molar-refractivity contribution in [2.45, 2.75) is 65.2 Å². The fraction of sp³-hybridized carbons (Fsp3) is 0.762. The van der Waals surface area contributed by atoms with E-state index in [1.807, 2.05) is 0 Å². The highest BCUT2D eigenvalue weighted by molar-refractivity contribution is 7.80. The van der Waals surface area contributed by atoms with E-state index < -0.39 is 0 Å². The third-order valence-corrected chi connectivity index (χ3v) is 5.70. The van der Waals surface area contributed by atoms with E-state index >= 15 is 0 Å². The maximum absolute atomic E-state index is 5.47. The molecule has 0 atom stereocenters. The maximum Gasteiger partial charge on any atom is 0.232 e. The van der Waals surface area contributed by atoms with Gasteiger partial charge < -0.3 is 20.4 Å². The Labute approximate surface area is 175 Å². The molecule has 1 aromatic rings. The summed E-state index contributed by atoms with van der Waals surface area (Å²) in [4.78, 5) is 14.5. The third-order valence-electron chi connectivity index (χ3n) is 5.46. The van der Waals surface area contributed by atoms with Gasteiger partial charge in [-0.15, -0.1) is 0 Å². The van der Waals surface area contributed by atoms with Crippen LogP contribution in [0.2, 0.25) is 0 Å². The second-order valence-electron chi connectivity index (χ2n) is 8.44. The molecule has 2 saturated heterocycles. The molecule has 0 radical (unpaired) electrons. The fourth-order valence-corrected chi connectivity index (χ4v) is 4.02. The van der Waals surface area contributed by atoms with Crippen LogP contribution in [0.15, 0.2) is 6.07 Å². The monoisotopic (exact) mass is 404 g/mol. The lowest BCUT2D eigenvalue weighted by molar-refractivity contribution is 0.627. The SMILES string of the molecule is CC(C)CNC(=S)Nc1nc(N2CCCCCC2)cc(N2CCCCCC2)n1. The summed E-state index contributed by atoms with van der Waals surface area (Å²) in [6.45, 7) is 9.49. The van der Waals surface area contributed by atoms with Gasteiger partial charge in [0.05, 0.1) is 0 Å². The molecule has 3 rings (SSSR count). The Morgan fingerprint density at radius 2 is 1.36 bits per heavy atom. The second kappa shape index (κ2) is 10.8. The van der Waals surface area contributed by atoms with E-state index in [9.17, 15) is 0 Å². The van der Waals surface area contributed by atoms with Crippen molar-refractivity contribution in [1.82, 2.24) is 15.3 Å². The van der Waals surface area contributed by atoms with E-state index in [0.717, 1.165) is 44.4 Å². The highest BCUT2D eigenvalue weighted by Gasteiger charge is 2.18. The minimum absolute atomic E-state index is 0.539. The van der Waals surface area contributed by atoms with Crippen LogP contribution in [-0.2, 0) is 0 Å². The van der Waals surface area contributed by atoms with Crippen molar-refractivity contribution in [3.8, 4) is 0 Å². The molecule has 156 valence electrons. The van der Waals surface area contributed by atoms with Crippen LogP contribution in [0.3, 0.4) is 0 Å². The lowest BCUT2D eigenvalue weighted by Crippen LogP contribution is -2.33. The van der Waals surface area contributed by atoms with Gasteiger partial charge >= 0.3 is 0 Å². The van der Waals surface area contributed by atoms with Gasteiger partial charge in [0.2, 0.25) is 5.95 Å². The number of nitrogens with one attached hydrogen (secondary N) is 2. The zero-order valence-electron chi connectivity index (χ0n) is 17.5. The summed E-state index contributed by atoms with van der Waals surface area (Å²) in [6, 6.07) is 2.19. The summed E-state index contributed by atoms with van der Waals surface area (Å²) < 4.78 is 0. The molecule has 2 fully saturated rings. The average molecular weight is 405 g/mol. The molecule has 0 spiro atoms. The van der Waals surface area contributed by atoms with Crippen LogP contribution in [0, 0.1) is 5.92 Å². The van der Waals surface area contributed by atoms with Crippen LogP contribution in [-0.4, -0.2) is 47.8 Å². The first kappa shape index (κ1) is 21.1. The Hall–Kier alpha value is -1.63. The van der Waals surface area contributed by atoms with Crippen LogP contribution in [0.25, 0.3) is 0 Å². The van der Waals surface area contributed by atoms with Crippen LogP contribution in [0.1, 0.15) is 65.2 Å². The second-order valence-corrected chi connectivity index (χ2v) is 8.85. The number of hydrogen-bond donors (Lipinski definition) is 2. The Balaban J connectivity index is 1.81. The predicted molar refractivity (Wildman–Crippen MR) is 122 cm³/mol. The minimum Gasteiger partial charge on any atom is -0.362 e. The molecule has 2 N–H and O–H groups in total. The Bertz CT molecular complexity index is 581. The summed E-state index contributed by atoms with van der Waals surface area (Å²) in [5, 5.41) is 7.09. The topological polar surface area (TPSA) is 56.3 Å². The Morgan fingerprint density at radius 3 is 1.79 bits per heavy atom. The Morgan fingerprint density at radius 1 is 0.893 bits per heavy atom. The number of rotatable bonds is 5. The lowest BCUT2D eigenvalue weighted by Gasteiger charge is -2.26. The number of thiocarbonyl (C=S) groups is 1. The number of nitrogens with zero attached hydrogens (tertiary/aromatic N) is 4. The molecule has 3 heterocycles. The average Bonchev–Trinajstić information content (AvgIpc) is 3.11. The van der Waals surface area contributed by atoms with Crippen LogP contribution < -0.4 is 20.4 Å². The third kappa shape index (κ3) is 6.47. The first-order chi connectivity index (χ1) is 13.6. The predicted octanol–water partition coefficient (Wildman–Crippen LogP) is 4.18. The standard InChI is InChI=1S/C21H36N6S/c1-17(2)16-22-21(28)25-20-23-18(26-11-7-3-4-8-12-26)15-19(24-20)27-13-9-5-6-10-14-27/h15,17H,3-14,16H2,1-2H3,(H2,22,23,24,25,28). The zero-order valence-corrected chi connectivity index (χ0v) is 18.4. The van der Waals surface area contributed by atoms with E-state index in [2.05, 4.69) is 40.3 Å². The molecular formula is C21H36N6S. The molecule has 6 nitrogen and oxygen atoms in total. The van der Waals surface area contributed by atoms with E-state index in [0.29, 0.717) is 17.0 Å². The molecule has 2 aliphatic heterocycles. The van der Waals surface area contributed by atoms with Crippen molar-refractivity contribution in [3.63, 3.8) is 0 Å². The van der Waals surface area contributed by atoms with E-state index in [-0.39, 0.29) is 0 Å². The van der Waals surface area contributed by atoms with Gasteiger partial charge in [0.15, 0.2) is 5.11 Å². The smallest absolute Gasteiger partial charge is 0.232 e. The molecule has 0 bridgehead atoms. The van der Waals surface area contributed by atoms with E-state index in [1.165, 1.54) is 51.4 Å². The highest BCUT2D eigenvalue weighted by atomic mass is 32.1. The first-order valence-corrected chi connectivity index (χ1v) is 11.5. The molecule has 0 aromatic carbocycles. The van der Waals surface area contributed by atoms with Crippen LogP contribution >= 0.6 is 12.2 Å². The van der Waals surface area contributed by atoms with E-state index in [4.69, 9.17) is 22.2 Å². The summed E-state index contributed by atoms with van der Waals surface area (Å²) in [7, 11) is 0. The van der Waals surface area contributed by atoms with Crippen molar-refractivity contribution < 1.29 is 0 Å². The summed E-state index contributed by atoms with van der Waals surface area (Å²) >= 11 is 5.47. The molecule has 0 saturated carbocycles. The van der Waals surface area contributed by atoms with Crippen molar-refractivity contribution in [3.05, 3.63) is 6.07 Å². The maximum atomic E-state index is 5.47.